The maximum Gasteiger partial charge on any atom is 0.256 e. The third-order valence-electron chi connectivity index (χ3n) is 5.74. The van der Waals surface area contributed by atoms with Crippen molar-refractivity contribution in [3.8, 4) is 17.2 Å². The lowest BCUT2D eigenvalue weighted by Gasteiger charge is -2.15. The van der Waals surface area contributed by atoms with Gasteiger partial charge in [0, 0.05) is 52.4 Å². The van der Waals surface area contributed by atoms with Crippen molar-refractivity contribution in [2.75, 3.05) is 11.9 Å². The van der Waals surface area contributed by atoms with Gasteiger partial charge >= 0.3 is 0 Å². The number of anilines is 1. The number of halogens is 1. The molecule has 1 amide bonds. The SMILES string of the molecule is C=C(NCC(C)CC#N)c1c(C)[nH]c(/C=C2\C(=O)Nc3ccc(F)cc32)c1-c1ccccc1. The first-order valence-corrected chi connectivity index (χ1v) is 10.8. The molecule has 1 aliphatic heterocycles. The predicted octanol–water partition coefficient (Wildman–Crippen LogP) is 5.73. The fourth-order valence-electron chi connectivity index (χ4n) is 4.10. The summed E-state index contributed by atoms with van der Waals surface area (Å²) in [4.78, 5) is 16.1. The van der Waals surface area contributed by atoms with Crippen molar-refractivity contribution in [1.29, 1.82) is 5.26 Å². The largest absolute Gasteiger partial charge is 0.385 e. The molecule has 0 aliphatic carbocycles. The molecule has 1 aromatic heterocycles. The summed E-state index contributed by atoms with van der Waals surface area (Å²) in [6.45, 7) is 8.84. The molecule has 4 rings (SSSR count). The smallest absolute Gasteiger partial charge is 0.256 e. The number of benzene rings is 2. The van der Waals surface area contributed by atoms with Crippen molar-refractivity contribution in [1.82, 2.24) is 10.3 Å². The number of aromatic nitrogens is 1. The van der Waals surface area contributed by atoms with E-state index < -0.39 is 5.82 Å². The zero-order chi connectivity index (χ0) is 23.5. The average molecular weight is 441 g/mol. The molecule has 0 saturated carbocycles. The van der Waals surface area contributed by atoms with Gasteiger partial charge in [-0.2, -0.15) is 5.26 Å². The highest BCUT2D eigenvalue weighted by Gasteiger charge is 2.26. The zero-order valence-electron chi connectivity index (χ0n) is 18.6. The Kier molecular flexibility index (Phi) is 6.14. The number of fused-ring (bicyclic) bond motifs is 1. The maximum atomic E-state index is 13.9. The minimum atomic E-state index is -0.396. The summed E-state index contributed by atoms with van der Waals surface area (Å²) in [5.41, 5.74) is 6.68. The van der Waals surface area contributed by atoms with Crippen LogP contribution in [0.25, 0.3) is 28.5 Å². The second-order valence-corrected chi connectivity index (χ2v) is 8.31. The molecule has 166 valence electrons. The lowest BCUT2D eigenvalue weighted by atomic mass is 9.96. The first kappa shape index (κ1) is 22.1. The molecule has 3 N–H and O–H groups in total. The summed E-state index contributed by atoms with van der Waals surface area (Å²) in [5.74, 6) is -0.487. The Morgan fingerprint density at radius 2 is 2.03 bits per heavy atom. The van der Waals surface area contributed by atoms with Crippen LogP contribution in [0.4, 0.5) is 10.1 Å². The molecule has 33 heavy (non-hydrogen) atoms. The minimum absolute atomic E-state index is 0.182. The van der Waals surface area contributed by atoms with E-state index in [-0.39, 0.29) is 11.8 Å². The van der Waals surface area contributed by atoms with Crippen molar-refractivity contribution < 1.29 is 9.18 Å². The summed E-state index contributed by atoms with van der Waals surface area (Å²) in [7, 11) is 0. The van der Waals surface area contributed by atoms with E-state index in [1.54, 1.807) is 12.1 Å². The number of aromatic amines is 1. The van der Waals surface area contributed by atoms with Crippen LogP contribution < -0.4 is 10.6 Å². The van der Waals surface area contributed by atoms with Crippen LogP contribution in [0.1, 0.15) is 35.9 Å². The number of aryl methyl sites for hydroxylation is 1. The molecule has 0 fully saturated rings. The van der Waals surface area contributed by atoms with Crippen LogP contribution >= 0.6 is 0 Å². The second kappa shape index (κ2) is 9.17. The Morgan fingerprint density at radius 1 is 1.27 bits per heavy atom. The Bertz CT molecular complexity index is 1300. The molecule has 0 saturated heterocycles. The molecule has 2 aromatic carbocycles. The van der Waals surface area contributed by atoms with Gasteiger partial charge in [0.05, 0.1) is 11.6 Å². The maximum absolute atomic E-state index is 13.9. The van der Waals surface area contributed by atoms with E-state index in [2.05, 4.69) is 28.3 Å². The fourth-order valence-corrected chi connectivity index (χ4v) is 4.10. The summed E-state index contributed by atoms with van der Waals surface area (Å²) in [5, 5.41) is 15.1. The summed E-state index contributed by atoms with van der Waals surface area (Å²) < 4.78 is 13.9. The second-order valence-electron chi connectivity index (χ2n) is 8.31. The lowest BCUT2D eigenvalue weighted by Crippen LogP contribution is -2.19. The van der Waals surface area contributed by atoms with E-state index in [9.17, 15) is 9.18 Å². The highest BCUT2D eigenvalue weighted by Crippen LogP contribution is 2.38. The Morgan fingerprint density at radius 3 is 2.76 bits per heavy atom. The molecule has 0 bridgehead atoms. The quantitative estimate of drug-likeness (QED) is 0.410. The number of nitrogens with one attached hydrogen (secondary N) is 3. The molecule has 0 spiro atoms. The fraction of sp³-hybridized carbons (Fsp3) is 0.185. The van der Waals surface area contributed by atoms with Crippen molar-refractivity contribution in [2.45, 2.75) is 20.3 Å². The van der Waals surface area contributed by atoms with Gasteiger partial charge in [-0.1, -0.05) is 43.8 Å². The Labute approximate surface area is 192 Å². The number of nitriles is 1. The van der Waals surface area contributed by atoms with Gasteiger partial charge in [-0.3, -0.25) is 4.79 Å². The van der Waals surface area contributed by atoms with Crippen molar-refractivity contribution in [3.63, 3.8) is 0 Å². The number of H-pyrrole nitrogens is 1. The average Bonchev–Trinajstić information content (AvgIpc) is 3.29. The molecule has 5 nitrogen and oxygen atoms in total. The Balaban J connectivity index is 1.81. The minimum Gasteiger partial charge on any atom is -0.385 e. The van der Waals surface area contributed by atoms with Gasteiger partial charge in [-0.05, 0) is 42.7 Å². The van der Waals surface area contributed by atoms with Crippen LogP contribution in [0, 0.1) is 30.0 Å². The molecular weight excluding hydrogens is 415 g/mol. The molecule has 1 unspecified atom stereocenters. The summed E-state index contributed by atoms with van der Waals surface area (Å²) in [6, 6.07) is 16.3. The van der Waals surface area contributed by atoms with Crippen molar-refractivity contribution >= 4 is 28.9 Å². The topological polar surface area (TPSA) is 80.7 Å². The van der Waals surface area contributed by atoms with Crippen LogP contribution in [-0.4, -0.2) is 17.4 Å². The number of amides is 1. The number of carbonyl (C=O) groups is 1. The highest BCUT2D eigenvalue weighted by atomic mass is 19.1. The monoisotopic (exact) mass is 440 g/mol. The van der Waals surface area contributed by atoms with Crippen LogP contribution in [0.2, 0.25) is 0 Å². The Hall–Kier alpha value is -4.11. The van der Waals surface area contributed by atoms with Crippen LogP contribution in [0.3, 0.4) is 0 Å². The van der Waals surface area contributed by atoms with Gasteiger partial charge in [0.1, 0.15) is 5.82 Å². The molecule has 1 atom stereocenters. The first-order chi connectivity index (χ1) is 15.9. The van der Waals surface area contributed by atoms with Gasteiger partial charge in [-0.15, -0.1) is 0 Å². The van der Waals surface area contributed by atoms with E-state index >= 15 is 0 Å². The summed E-state index contributed by atoms with van der Waals surface area (Å²) >= 11 is 0. The molecular formula is C27H25FN4O. The molecule has 3 aromatic rings. The number of hydrogen-bond donors (Lipinski definition) is 3. The molecule has 0 radical (unpaired) electrons. The summed E-state index contributed by atoms with van der Waals surface area (Å²) in [6.07, 6.45) is 2.23. The van der Waals surface area contributed by atoms with E-state index in [1.807, 2.05) is 44.2 Å². The third-order valence-corrected chi connectivity index (χ3v) is 5.74. The van der Waals surface area contributed by atoms with Crippen LogP contribution in [0.15, 0.2) is 55.1 Å². The van der Waals surface area contributed by atoms with Gasteiger partial charge in [0.15, 0.2) is 0 Å². The van der Waals surface area contributed by atoms with Gasteiger partial charge < -0.3 is 15.6 Å². The van der Waals surface area contributed by atoms with E-state index in [4.69, 9.17) is 5.26 Å². The highest BCUT2D eigenvalue weighted by molar-refractivity contribution is 6.35. The van der Waals surface area contributed by atoms with Crippen LogP contribution in [-0.2, 0) is 4.79 Å². The zero-order valence-corrected chi connectivity index (χ0v) is 18.6. The first-order valence-electron chi connectivity index (χ1n) is 10.8. The van der Waals surface area contributed by atoms with E-state index in [0.29, 0.717) is 29.8 Å². The van der Waals surface area contributed by atoms with Gasteiger partial charge in [-0.25, -0.2) is 4.39 Å². The van der Waals surface area contributed by atoms with Crippen LogP contribution in [0.5, 0.6) is 0 Å². The molecule has 6 heteroatoms. The number of rotatable bonds is 7. The van der Waals surface area contributed by atoms with Gasteiger partial charge in [0.2, 0.25) is 0 Å². The lowest BCUT2D eigenvalue weighted by molar-refractivity contribution is -0.110. The number of nitrogens with zero attached hydrogens (tertiary/aromatic N) is 1. The predicted molar refractivity (Wildman–Crippen MR) is 130 cm³/mol. The number of hydrogen-bond acceptors (Lipinski definition) is 3. The molecule has 2 heterocycles. The standard InChI is InChI=1S/C27H25FN4O/c1-16(11-12-29)15-30-17(2)25-18(3)31-24(26(25)19-7-5-4-6-8-19)14-22-21-13-20(28)9-10-23(21)32-27(22)33/h4-10,13-14,16,30-31H,2,11,15H2,1,3H3,(H,32,33)/b22-14-. The van der Waals surface area contributed by atoms with Crippen molar-refractivity contribution in [3.05, 3.63) is 83.4 Å². The number of carbonyl (C=O) groups excluding carboxylic acids is 1. The normalized spacial score (nSPS) is 14.5. The molecule has 1 aliphatic rings. The van der Waals surface area contributed by atoms with E-state index in [1.165, 1.54) is 12.1 Å². The van der Waals surface area contributed by atoms with Gasteiger partial charge in [0.25, 0.3) is 5.91 Å². The van der Waals surface area contributed by atoms with Crippen molar-refractivity contribution in [2.24, 2.45) is 5.92 Å². The third kappa shape index (κ3) is 4.44. The van der Waals surface area contributed by atoms with E-state index in [0.717, 1.165) is 33.8 Å².